The molecule has 1 aromatic carbocycles. The lowest BCUT2D eigenvalue weighted by Gasteiger charge is -2.13. The SMILES string of the molecule is CCOCC(O)CNc1ccc(Cl)cc1Br. The lowest BCUT2D eigenvalue weighted by molar-refractivity contribution is 0.0496. The summed E-state index contributed by atoms with van der Waals surface area (Å²) >= 11 is 9.21. The molecule has 0 spiro atoms. The third-order valence-corrected chi connectivity index (χ3v) is 2.86. The van der Waals surface area contributed by atoms with E-state index in [1.165, 1.54) is 0 Å². The fourth-order valence-corrected chi connectivity index (χ4v) is 2.00. The lowest BCUT2D eigenvalue weighted by atomic mass is 10.3. The van der Waals surface area contributed by atoms with Gasteiger partial charge in [-0.3, -0.25) is 0 Å². The van der Waals surface area contributed by atoms with Crippen LogP contribution < -0.4 is 5.32 Å². The van der Waals surface area contributed by atoms with Crippen LogP contribution in [0.5, 0.6) is 0 Å². The second kappa shape index (κ2) is 7.12. The highest BCUT2D eigenvalue weighted by molar-refractivity contribution is 9.10. The van der Waals surface area contributed by atoms with Gasteiger partial charge in [-0.15, -0.1) is 0 Å². The molecule has 0 aliphatic rings. The number of halogens is 2. The minimum Gasteiger partial charge on any atom is -0.389 e. The summed E-state index contributed by atoms with van der Waals surface area (Å²) in [5.41, 5.74) is 0.903. The number of hydrogen-bond acceptors (Lipinski definition) is 3. The maximum atomic E-state index is 9.56. The Balaban J connectivity index is 2.42. The first kappa shape index (κ1) is 13.8. The van der Waals surface area contributed by atoms with Gasteiger partial charge in [-0.25, -0.2) is 0 Å². The molecule has 0 aliphatic carbocycles. The van der Waals surface area contributed by atoms with E-state index in [0.29, 0.717) is 24.8 Å². The lowest BCUT2D eigenvalue weighted by Crippen LogP contribution is -2.24. The molecule has 0 saturated carbocycles. The van der Waals surface area contributed by atoms with E-state index in [2.05, 4.69) is 21.2 Å². The minimum atomic E-state index is -0.512. The second-order valence-electron chi connectivity index (χ2n) is 3.32. The van der Waals surface area contributed by atoms with Gasteiger partial charge in [0.15, 0.2) is 0 Å². The Morgan fingerprint density at radius 1 is 1.56 bits per heavy atom. The summed E-state index contributed by atoms with van der Waals surface area (Å²) in [6, 6.07) is 5.46. The van der Waals surface area contributed by atoms with Crippen molar-refractivity contribution in [3.8, 4) is 0 Å². The molecule has 0 aromatic heterocycles. The van der Waals surface area contributed by atoms with Gasteiger partial charge in [0, 0.05) is 28.3 Å². The normalized spacial score (nSPS) is 12.5. The highest BCUT2D eigenvalue weighted by Crippen LogP contribution is 2.25. The Labute approximate surface area is 109 Å². The third kappa shape index (κ3) is 4.70. The van der Waals surface area contributed by atoms with Gasteiger partial charge in [0.25, 0.3) is 0 Å². The van der Waals surface area contributed by atoms with Crippen molar-refractivity contribution in [2.24, 2.45) is 0 Å². The van der Waals surface area contributed by atoms with Gasteiger partial charge in [0.05, 0.1) is 12.7 Å². The van der Waals surface area contributed by atoms with Crippen LogP contribution in [0.2, 0.25) is 5.02 Å². The van der Waals surface area contributed by atoms with Crippen LogP contribution in [-0.2, 0) is 4.74 Å². The number of hydrogen-bond donors (Lipinski definition) is 2. The number of ether oxygens (including phenoxy) is 1. The fourth-order valence-electron chi connectivity index (χ4n) is 1.17. The van der Waals surface area contributed by atoms with E-state index in [4.69, 9.17) is 16.3 Å². The molecule has 0 fully saturated rings. The predicted molar refractivity (Wildman–Crippen MR) is 70.1 cm³/mol. The average molecular weight is 309 g/mol. The topological polar surface area (TPSA) is 41.5 Å². The van der Waals surface area contributed by atoms with Crippen molar-refractivity contribution in [2.75, 3.05) is 25.1 Å². The van der Waals surface area contributed by atoms with Crippen LogP contribution in [0.15, 0.2) is 22.7 Å². The fraction of sp³-hybridized carbons (Fsp3) is 0.455. The van der Waals surface area contributed by atoms with Gasteiger partial charge in [0.2, 0.25) is 0 Å². The number of aliphatic hydroxyl groups is 1. The van der Waals surface area contributed by atoms with Gasteiger partial charge >= 0.3 is 0 Å². The Morgan fingerprint density at radius 3 is 2.94 bits per heavy atom. The van der Waals surface area contributed by atoms with Crippen LogP contribution in [0, 0.1) is 0 Å². The summed E-state index contributed by atoms with van der Waals surface area (Å²) in [6.07, 6.45) is -0.512. The molecule has 0 amide bonds. The zero-order chi connectivity index (χ0) is 12.0. The maximum absolute atomic E-state index is 9.56. The van der Waals surface area contributed by atoms with Gasteiger partial charge in [0.1, 0.15) is 0 Å². The van der Waals surface area contributed by atoms with Crippen molar-refractivity contribution in [1.82, 2.24) is 0 Å². The molecule has 3 nitrogen and oxygen atoms in total. The van der Waals surface area contributed by atoms with Gasteiger partial charge < -0.3 is 15.2 Å². The Morgan fingerprint density at radius 2 is 2.31 bits per heavy atom. The molecule has 90 valence electrons. The van der Waals surface area contributed by atoms with Crippen LogP contribution in [0.1, 0.15) is 6.92 Å². The number of rotatable bonds is 6. The first-order chi connectivity index (χ1) is 7.63. The van der Waals surface area contributed by atoms with Crippen LogP contribution in [0.25, 0.3) is 0 Å². The monoisotopic (exact) mass is 307 g/mol. The molecule has 0 aliphatic heterocycles. The maximum Gasteiger partial charge on any atom is 0.0945 e. The molecular weight excluding hydrogens is 293 g/mol. The highest BCUT2D eigenvalue weighted by Gasteiger charge is 2.05. The third-order valence-electron chi connectivity index (χ3n) is 1.97. The number of nitrogens with one attached hydrogen (secondary N) is 1. The second-order valence-corrected chi connectivity index (χ2v) is 4.61. The van der Waals surface area contributed by atoms with Gasteiger partial charge in [-0.2, -0.15) is 0 Å². The van der Waals surface area contributed by atoms with Crippen LogP contribution in [-0.4, -0.2) is 31.0 Å². The molecule has 0 radical (unpaired) electrons. The number of aliphatic hydroxyl groups excluding tert-OH is 1. The average Bonchev–Trinajstić information content (AvgIpc) is 2.25. The molecule has 1 atom stereocenters. The standard InChI is InChI=1S/C11H15BrClNO2/c1-2-16-7-9(15)6-14-11-4-3-8(13)5-10(11)12/h3-5,9,14-15H,2,6-7H2,1H3. The molecule has 16 heavy (non-hydrogen) atoms. The summed E-state index contributed by atoms with van der Waals surface area (Å²) in [6.45, 7) is 3.30. The molecule has 0 heterocycles. The summed E-state index contributed by atoms with van der Waals surface area (Å²) in [7, 11) is 0. The first-order valence-electron chi connectivity index (χ1n) is 5.08. The summed E-state index contributed by atoms with van der Waals surface area (Å²) in [4.78, 5) is 0. The molecule has 0 bridgehead atoms. The van der Waals surface area contributed by atoms with Crippen molar-refractivity contribution in [2.45, 2.75) is 13.0 Å². The van der Waals surface area contributed by atoms with E-state index >= 15 is 0 Å². The van der Waals surface area contributed by atoms with E-state index in [0.717, 1.165) is 10.2 Å². The van der Waals surface area contributed by atoms with Crippen molar-refractivity contribution >= 4 is 33.2 Å². The van der Waals surface area contributed by atoms with Crippen molar-refractivity contribution in [3.63, 3.8) is 0 Å². The van der Waals surface area contributed by atoms with Crippen LogP contribution in [0.4, 0.5) is 5.69 Å². The van der Waals surface area contributed by atoms with Crippen LogP contribution >= 0.6 is 27.5 Å². The summed E-state index contributed by atoms with van der Waals surface area (Å²) in [5.74, 6) is 0. The molecule has 1 rings (SSSR count). The first-order valence-corrected chi connectivity index (χ1v) is 6.25. The van der Waals surface area contributed by atoms with Crippen molar-refractivity contribution in [1.29, 1.82) is 0 Å². The summed E-state index contributed by atoms with van der Waals surface area (Å²) < 4.78 is 5.99. The Hall–Kier alpha value is -0.290. The van der Waals surface area contributed by atoms with Crippen molar-refractivity contribution < 1.29 is 9.84 Å². The van der Waals surface area contributed by atoms with Gasteiger partial charge in [-0.1, -0.05) is 11.6 Å². The van der Waals surface area contributed by atoms with E-state index in [9.17, 15) is 5.11 Å². The molecule has 1 unspecified atom stereocenters. The molecule has 1 aromatic rings. The predicted octanol–water partition coefficient (Wildman–Crippen LogP) is 2.91. The molecule has 2 N–H and O–H groups in total. The van der Waals surface area contributed by atoms with E-state index in [1.807, 2.05) is 13.0 Å². The van der Waals surface area contributed by atoms with Crippen LogP contribution in [0.3, 0.4) is 0 Å². The smallest absolute Gasteiger partial charge is 0.0945 e. The quantitative estimate of drug-likeness (QED) is 0.849. The van der Waals surface area contributed by atoms with Gasteiger partial charge in [-0.05, 0) is 41.1 Å². The zero-order valence-electron chi connectivity index (χ0n) is 9.04. The number of benzene rings is 1. The highest BCUT2D eigenvalue weighted by atomic mass is 79.9. The summed E-state index contributed by atoms with van der Waals surface area (Å²) in [5, 5.41) is 13.3. The van der Waals surface area contributed by atoms with E-state index in [-0.39, 0.29) is 0 Å². The number of anilines is 1. The zero-order valence-corrected chi connectivity index (χ0v) is 11.4. The molecular formula is C11H15BrClNO2. The van der Waals surface area contributed by atoms with Crippen molar-refractivity contribution in [3.05, 3.63) is 27.7 Å². The molecule has 0 saturated heterocycles. The Bertz CT molecular complexity index is 336. The molecule has 5 heteroatoms. The Kier molecular flexibility index (Phi) is 6.13. The van der Waals surface area contributed by atoms with E-state index in [1.54, 1.807) is 12.1 Å². The minimum absolute atomic E-state index is 0.342. The van der Waals surface area contributed by atoms with E-state index < -0.39 is 6.10 Å². The largest absolute Gasteiger partial charge is 0.389 e.